The van der Waals surface area contributed by atoms with Gasteiger partial charge in [-0.2, -0.15) is 0 Å². The van der Waals surface area contributed by atoms with Gasteiger partial charge < -0.3 is 0 Å². The first-order chi connectivity index (χ1) is 36.8. The summed E-state index contributed by atoms with van der Waals surface area (Å²) in [6.45, 7) is 58.2. The summed E-state index contributed by atoms with van der Waals surface area (Å²) < 4.78 is 25.1. The molecule has 464 valence electrons. The van der Waals surface area contributed by atoms with Gasteiger partial charge in [0.2, 0.25) is 0 Å². The van der Waals surface area contributed by atoms with Crippen molar-refractivity contribution in [2.75, 3.05) is 105 Å². The summed E-state index contributed by atoms with van der Waals surface area (Å²) >= 11 is 6.42. The van der Waals surface area contributed by atoms with E-state index < -0.39 is 9.70 Å². The van der Waals surface area contributed by atoms with Crippen molar-refractivity contribution in [3.05, 3.63) is 0 Å². The Kier molecular flexibility index (Phi) is 53.0. The van der Waals surface area contributed by atoms with Gasteiger partial charge in [-0.15, -0.1) is 0 Å². The molecule has 0 rings (SSSR count). The molecule has 0 aliphatic rings. The van der Waals surface area contributed by atoms with E-state index in [1.54, 1.807) is 0 Å². The van der Waals surface area contributed by atoms with E-state index in [-0.39, 0.29) is 0 Å². The van der Waals surface area contributed by atoms with E-state index in [1.807, 2.05) is 0 Å². The molecule has 0 aromatic carbocycles. The van der Waals surface area contributed by atoms with Crippen LogP contribution < -0.4 is 0 Å². The fourth-order valence-corrected chi connectivity index (χ4v) is 33.7. The number of nitrogens with zero attached hydrogens (tertiary/aromatic N) is 8. The van der Waals surface area contributed by atoms with E-state index in [9.17, 15) is 0 Å². The van der Waals surface area contributed by atoms with Crippen LogP contribution in [0.5, 0.6) is 0 Å². The van der Waals surface area contributed by atoms with Gasteiger partial charge in [-0.25, -0.2) is 0 Å². The summed E-state index contributed by atoms with van der Waals surface area (Å²) in [5.74, 6) is 0. The van der Waals surface area contributed by atoms with E-state index in [2.05, 4.69) is 192 Å². The molecule has 0 saturated heterocycles. The second-order valence-corrected chi connectivity index (χ2v) is 41.2. The quantitative estimate of drug-likeness (QED) is 0.0439. The third kappa shape index (κ3) is 25.3. The van der Waals surface area contributed by atoms with Gasteiger partial charge in [0.15, 0.2) is 0 Å². The molecular weight excluding hydrogens is 1200 g/mol. The van der Waals surface area contributed by atoms with Gasteiger partial charge in [-0.05, 0) is 0 Å². The number of hydrogen-bond donors (Lipinski definition) is 0. The molecule has 0 unspecified atom stereocenters. The normalized spacial score (nSPS) is 13.8. The molecular formula is C64H144I2N8P2. The molecule has 0 aliphatic carbocycles. The van der Waals surface area contributed by atoms with E-state index >= 15 is 0 Å². The van der Waals surface area contributed by atoms with Crippen LogP contribution in [0.4, 0.5) is 0 Å². The van der Waals surface area contributed by atoms with E-state index in [0.717, 1.165) is 0 Å². The van der Waals surface area contributed by atoms with Crippen molar-refractivity contribution in [1.82, 2.24) is 37.4 Å². The van der Waals surface area contributed by atoms with Crippen LogP contribution >= 0.6 is 53.8 Å². The Morgan fingerprint density at radius 1 is 0.158 bits per heavy atom. The Morgan fingerprint density at radius 3 is 0.276 bits per heavy atom. The molecule has 0 bridgehead atoms. The zero-order valence-corrected chi connectivity index (χ0v) is 61.3. The Bertz CT molecular complexity index is 916. The van der Waals surface area contributed by atoms with Crippen molar-refractivity contribution in [2.24, 2.45) is 0 Å². The first-order valence-electron chi connectivity index (χ1n) is 34.3. The first kappa shape index (κ1) is 80.1. The van der Waals surface area contributed by atoms with Gasteiger partial charge >= 0.3 is 512 Å². The maximum absolute atomic E-state index is 3.21. The van der Waals surface area contributed by atoms with E-state index in [4.69, 9.17) is 0 Å². The standard InChI is InChI=1S/2C32H72IN4P/c2*1-9-17-25-34(26-18-10-2)38(33,35(27-19-11-3)28-20-12-4,36(29-21-13-5)30-22-14-6)37(31-23-15-7)32-24-16-8/h2*9-32H2,1-8H3. The zero-order chi connectivity index (χ0) is 57.5. The van der Waals surface area contributed by atoms with Crippen LogP contribution in [-0.2, 0) is 0 Å². The van der Waals surface area contributed by atoms with Gasteiger partial charge in [0.05, 0.1) is 0 Å². The maximum atomic E-state index is 3.21. The Hall–Kier alpha value is 2.00. The van der Waals surface area contributed by atoms with Crippen molar-refractivity contribution in [3.63, 3.8) is 0 Å². The van der Waals surface area contributed by atoms with Crippen molar-refractivity contribution < 1.29 is 0 Å². The zero-order valence-electron chi connectivity index (χ0n) is 55.2. The predicted molar refractivity (Wildman–Crippen MR) is 373 cm³/mol. The van der Waals surface area contributed by atoms with Crippen molar-refractivity contribution in [2.45, 2.75) is 316 Å². The Morgan fingerprint density at radius 2 is 0.224 bits per heavy atom. The van der Waals surface area contributed by atoms with Crippen LogP contribution in [0, 0.1) is 0 Å². The third-order valence-electron chi connectivity index (χ3n) is 16.2. The minimum absolute atomic E-state index is 1.25. The number of unbranched alkanes of at least 4 members (excludes halogenated alkanes) is 16. The monoisotopic (exact) mass is 1340 g/mol. The van der Waals surface area contributed by atoms with E-state index in [0.29, 0.717) is 0 Å². The molecule has 12 heteroatoms. The summed E-state index contributed by atoms with van der Waals surface area (Å²) in [4.78, 5) is -5.69. The molecule has 0 fully saturated rings. The topological polar surface area (TPSA) is 25.9 Å². The predicted octanol–water partition coefficient (Wildman–Crippen LogP) is 22.3. The summed E-state index contributed by atoms with van der Waals surface area (Å²) in [7, 11) is 0. The van der Waals surface area contributed by atoms with Gasteiger partial charge in [-0.3, -0.25) is 0 Å². The summed E-state index contributed by atoms with van der Waals surface area (Å²) in [5.41, 5.74) is 0. The molecule has 0 aliphatic heterocycles. The van der Waals surface area contributed by atoms with Crippen LogP contribution in [0.15, 0.2) is 0 Å². The van der Waals surface area contributed by atoms with Gasteiger partial charge in [0, 0.05) is 0 Å². The van der Waals surface area contributed by atoms with Gasteiger partial charge in [-0.1, -0.05) is 0 Å². The number of halogens is 2. The molecule has 0 N–H and O–H groups in total. The molecule has 0 heterocycles. The molecule has 0 spiro atoms. The molecule has 0 saturated carbocycles. The number of rotatable bonds is 56. The molecule has 0 amide bonds. The number of hydrogen-bond acceptors (Lipinski definition) is 8. The Balaban J connectivity index is 0. The summed E-state index contributed by atoms with van der Waals surface area (Å²) in [6, 6.07) is 0. The SMILES string of the molecule is CCCCN(CCCC)P(I)(N(CCCC)CCCC)(N(CCCC)CCCC)N(CCCC)CCCC.CCCCN(CCCC)P(I)(N(CCCC)CCCC)(N(CCCC)CCCC)N(CCCC)CCCC. The Labute approximate surface area is 508 Å². The first-order valence-corrected chi connectivity index (χ1v) is 44.0. The van der Waals surface area contributed by atoms with Crippen LogP contribution in [0.25, 0.3) is 0 Å². The fraction of sp³-hybridized carbons (Fsp3) is 1.00. The minimum atomic E-state index is -2.84. The van der Waals surface area contributed by atoms with Crippen molar-refractivity contribution in [1.29, 1.82) is 0 Å². The van der Waals surface area contributed by atoms with Gasteiger partial charge in [0.25, 0.3) is 0 Å². The van der Waals surface area contributed by atoms with Crippen LogP contribution in [0.3, 0.4) is 0 Å². The average Bonchev–Trinajstić information content (AvgIpc) is 3.43. The molecule has 0 atom stereocenters. The summed E-state index contributed by atoms with van der Waals surface area (Å²) in [6.07, 6.45) is 41.5. The van der Waals surface area contributed by atoms with Gasteiger partial charge in [0.1, 0.15) is 0 Å². The van der Waals surface area contributed by atoms with Crippen molar-refractivity contribution in [3.8, 4) is 0 Å². The van der Waals surface area contributed by atoms with Crippen LogP contribution in [0.1, 0.15) is 316 Å². The second kappa shape index (κ2) is 50.3. The van der Waals surface area contributed by atoms with Crippen LogP contribution in [-0.4, -0.2) is 142 Å². The molecule has 0 aromatic rings. The van der Waals surface area contributed by atoms with Crippen LogP contribution in [0.2, 0.25) is 0 Å². The molecule has 0 radical (unpaired) electrons. The summed E-state index contributed by atoms with van der Waals surface area (Å²) in [5, 5.41) is 0. The molecule has 8 nitrogen and oxygen atoms in total. The molecule has 0 aromatic heterocycles. The second-order valence-electron chi connectivity index (χ2n) is 23.0. The third-order valence-corrected chi connectivity index (χ3v) is 41.8. The fourth-order valence-electron chi connectivity index (χ4n) is 11.2. The average molecular weight is 1340 g/mol. The van der Waals surface area contributed by atoms with E-state index in [1.165, 1.54) is 310 Å². The molecule has 76 heavy (non-hydrogen) atoms. The van der Waals surface area contributed by atoms with Crippen molar-refractivity contribution >= 4 is 53.8 Å².